The molecule has 2 N–H and O–H groups in total. The first-order valence-corrected chi connectivity index (χ1v) is 11.3. The number of carbonyl (C=O) groups is 2. The molecule has 10 heteroatoms. The van der Waals surface area contributed by atoms with E-state index in [-0.39, 0.29) is 45.8 Å². The average Bonchev–Trinajstić information content (AvgIpc) is 3.22. The van der Waals surface area contributed by atoms with E-state index in [1.807, 2.05) is 0 Å². The maximum absolute atomic E-state index is 12.8. The fourth-order valence-corrected chi connectivity index (χ4v) is 5.69. The number of hydrogen-bond acceptors (Lipinski definition) is 6. The van der Waals surface area contributed by atoms with Crippen LogP contribution in [0.2, 0.25) is 0 Å². The van der Waals surface area contributed by atoms with Crippen LogP contribution in [0, 0.1) is 0 Å². The standard InChI is InChI=1S/C21H17NO6S2.Na/c23-19(24)18-11-10-17(29-18)14-6-8-15(9-7-14)30(27,28)22-21(20(25)26)12-16(21)13-4-2-1-3-5-13;/h1-11,16,22H,12H2,(H,23,24)(H,25,26);/q;+1/p-1. The molecule has 154 valence electrons. The summed E-state index contributed by atoms with van der Waals surface area (Å²) in [6, 6.07) is 17.8. The molecule has 31 heavy (non-hydrogen) atoms. The Morgan fingerprint density at radius 3 is 2.23 bits per heavy atom. The van der Waals surface area contributed by atoms with E-state index in [0.29, 0.717) is 10.4 Å². The summed E-state index contributed by atoms with van der Waals surface area (Å²) >= 11 is 1.08. The number of nitrogens with one attached hydrogen (secondary N) is 1. The number of thiophene rings is 1. The zero-order valence-electron chi connectivity index (χ0n) is 16.4. The molecule has 0 amide bonds. The summed E-state index contributed by atoms with van der Waals surface area (Å²) in [5, 5.41) is 20.8. The molecular weight excluding hydrogens is 449 g/mol. The second-order valence-electron chi connectivity index (χ2n) is 7.03. The molecule has 1 fully saturated rings. The van der Waals surface area contributed by atoms with Crippen LogP contribution in [-0.4, -0.2) is 31.0 Å². The average molecular weight is 465 g/mol. The largest absolute Gasteiger partial charge is 1.00 e. The van der Waals surface area contributed by atoms with Crippen LogP contribution < -0.4 is 39.4 Å². The van der Waals surface area contributed by atoms with Gasteiger partial charge in [0.2, 0.25) is 10.0 Å². The number of hydrogen-bond donors (Lipinski definition) is 2. The zero-order valence-corrected chi connectivity index (χ0v) is 20.1. The number of benzene rings is 2. The van der Waals surface area contributed by atoms with Crippen molar-refractivity contribution < 1.29 is 57.8 Å². The van der Waals surface area contributed by atoms with Crippen LogP contribution in [0.3, 0.4) is 0 Å². The van der Waals surface area contributed by atoms with E-state index in [1.54, 1.807) is 48.5 Å². The van der Waals surface area contributed by atoms with Crippen LogP contribution in [0.25, 0.3) is 10.4 Å². The molecule has 1 saturated carbocycles. The molecular formula is C21H16NNaO6S2. The van der Waals surface area contributed by atoms with Gasteiger partial charge in [0.1, 0.15) is 4.88 Å². The molecule has 2 aromatic carbocycles. The Kier molecular flexibility index (Phi) is 6.75. The molecule has 1 aromatic heterocycles. The van der Waals surface area contributed by atoms with Gasteiger partial charge in [-0.25, -0.2) is 13.2 Å². The summed E-state index contributed by atoms with van der Waals surface area (Å²) < 4.78 is 28.0. The van der Waals surface area contributed by atoms with E-state index in [2.05, 4.69) is 4.72 Å². The number of carboxylic acid groups (broad SMARTS) is 2. The number of rotatable bonds is 7. The second-order valence-corrected chi connectivity index (χ2v) is 9.79. The molecule has 7 nitrogen and oxygen atoms in total. The van der Waals surface area contributed by atoms with Crippen LogP contribution in [0.1, 0.15) is 27.6 Å². The topological polar surface area (TPSA) is 124 Å². The maximum Gasteiger partial charge on any atom is 1.00 e. The van der Waals surface area contributed by atoms with E-state index in [4.69, 9.17) is 5.11 Å². The number of aromatic carboxylic acids is 1. The maximum atomic E-state index is 12.8. The zero-order chi connectivity index (χ0) is 21.5. The molecule has 2 unspecified atom stereocenters. The summed E-state index contributed by atoms with van der Waals surface area (Å²) in [6.45, 7) is 0. The van der Waals surface area contributed by atoms with Gasteiger partial charge in [-0.05, 0) is 41.8 Å². The van der Waals surface area contributed by atoms with Crippen LogP contribution in [-0.2, 0) is 14.8 Å². The Morgan fingerprint density at radius 1 is 1.03 bits per heavy atom. The normalized spacial score (nSPS) is 19.9. The van der Waals surface area contributed by atoms with Crippen molar-refractivity contribution in [3.63, 3.8) is 0 Å². The molecule has 0 radical (unpaired) electrons. The van der Waals surface area contributed by atoms with Gasteiger partial charge in [0, 0.05) is 10.8 Å². The molecule has 0 spiro atoms. The van der Waals surface area contributed by atoms with Gasteiger partial charge < -0.3 is 15.0 Å². The molecule has 1 aliphatic rings. The van der Waals surface area contributed by atoms with E-state index >= 15 is 0 Å². The van der Waals surface area contributed by atoms with Crippen molar-refractivity contribution in [1.82, 2.24) is 4.72 Å². The van der Waals surface area contributed by atoms with Gasteiger partial charge in [-0.15, -0.1) is 11.3 Å². The predicted octanol–water partition coefficient (Wildman–Crippen LogP) is -0.928. The summed E-state index contributed by atoms with van der Waals surface area (Å²) in [4.78, 5) is 23.6. The van der Waals surface area contributed by atoms with Crippen molar-refractivity contribution >= 4 is 33.3 Å². The smallest absolute Gasteiger partial charge is 0.548 e. The third-order valence-electron chi connectivity index (χ3n) is 5.11. The van der Waals surface area contributed by atoms with E-state index in [9.17, 15) is 23.1 Å². The van der Waals surface area contributed by atoms with Crippen molar-refractivity contribution in [2.45, 2.75) is 22.8 Å². The first-order valence-electron chi connectivity index (χ1n) is 8.97. The fraction of sp³-hybridized carbons (Fsp3) is 0.143. The number of carboxylic acids is 2. The Labute approximate surface area is 205 Å². The molecule has 4 rings (SSSR count). The number of carbonyl (C=O) groups excluding carboxylic acids is 1. The summed E-state index contributed by atoms with van der Waals surface area (Å²) in [6.07, 6.45) is 0.115. The van der Waals surface area contributed by atoms with Crippen molar-refractivity contribution in [3.8, 4) is 10.4 Å². The molecule has 1 heterocycles. The SMILES string of the molecule is O=C(O)c1ccc(-c2ccc(S(=O)(=O)NC3(C(=O)[O-])CC3c3ccccc3)cc2)s1.[Na+]. The molecule has 2 atom stereocenters. The Bertz CT molecular complexity index is 1220. The van der Waals surface area contributed by atoms with Crippen LogP contribution in [0.15, 0.2) is 71.6 Å². The van der Waals surface area contributed by atoms with Crippen molar-refractivity contribution in [3.05, 3.63) is 77.2 Å². The van der Waals surface area contributed by atoms with Crippen LogP contribution in [0.4, 0.5) is 0 Å². The number of sulfonamides is 1. The minimum atomic E-state index is -4.11. The van der Waals surface area contributed by atoms with Crippen molar-refractivity contribution in [2.75, 3.05) is 0 Å². The van der Waals surface area contributed by atoms with E-state index < -0.39 is 33.4 Å². The van der Waals surface area contributed by atoms with Gasteiger partial charge >= 0.3 is 35.5 Å². The molecule has 1 aliphatic carbocycles. The summed E-state index contributed by atoms with van der Waals surface area (Å²) in [5.74, 6) is -2.99. The third kappa shape index (κ3) is 4.62. The van der Waals surface area contributed by atoms with Gasteiger partial charge in [-0.1, -0.05) is 42.5 Å². The Morgan fingerprint density at radius 2 is 1.68 bits per heavy atom. The third-order valence-corrected chi connectivity index (χ3v) is 7.76. The first-order chi connectivity index (χ1) is 14.2. The van der Waals surface area contributed by atoms with E-state index in [0.717, 1.165) is 16.9 Å². The minimum Gasteiger partial charge on any atom is -0.548 e. The van der Waals surface area contributed by atoms with Crippen LogP contribution >= 0.6 is 11.3 Å². The van der Waals surface area contributed by atoms with Crippen molar-refractivity contribution in [1.29, 1.82) is 0 Å². The van der Waals surface area contributed by atoms with E-state index in [1.165, 1.54) is 18.2 Å². The monoisotopic (exact) mass is 465 g/mol. The molecule has 3 aromatic rings. The molecule has 0 saturated heterocycles. The molecule has 0 bridgehead atoms. The van der Waals surface area contributed by atoms with Crippen molar-refractivity contribution in [2.24, 2.45) is 0 Å². The molecule has 0 aliphatic heterocycles. The fourth-order valence-electron chi connectivity index (χ4n) is 3.44. The predicted molar refractivity (Wildman–Crippen MR) is 109 cm³/mol. The first kappa shape index (κ1) is 23.6. The Hall–Kier alpha value is -2.01. The number of aliphatic carboxylic acids is 1. The summed E-state index contributed by atoms with van der Waals surface area (Å²) in [5.41, 5.74) is -0.287. The summed E-state index contributed by atoms with van der Waals surface area (Å²) in [7, 11) is -4.11. The van der Waals surface area contributed by atoms with Gasteiger partial charge in [0.25, 0.3) is 0 Å². The van der Waals surface area contributed by atoms with Gasteiger partial charge in [-0.2, -0.15) is 4.72 Å². The minimum absolute atomic E-state index is 0. The van der Waals surface area contributed by atoms with Gasteiger partial charge in [0.15, 0.2) is 0 Å². The second kappa shape index (κ2) is 8.85. The van der Waals surface area contributed by atoms with Crippen LogP contribution in [0.5, 0.6) is 0 Å². The van der Waals surface area contributed by atoms with Gasteiger partial charge in [-0.3, -0.25) is 0 Å². The quantitative estimate of drug-likeness (QED) is 0.435. The van der Waals surface area contributed by atoms with Gasteiger partial charge in [0.05, 0.1) is 16.4 Å². The Balaban J connectivity index is 0.00000272.